The van der Waals surface area contributed by atoms with Crippen LogP contribution in [0.1, 0.15) is 38.3 Å². The minimum Gasteiger partial charge on any atom is -0.481 e. The Labute approximate surface area is 134 Å². The number of carboxylic acid groups (broad SMARTS) is 1. The SMILES string of the molecule is CC(C)N(CCC(=O)O)C(=O)C1CC(c2ccc(F)cc2)NN1. The van der Waals surface area contributed by atoms with E-state index in [1.807, 2.05) is 13.8 Å². The van der Waals surface area contributed by atoms with E-state index in [2.05, 4.69) is 10.9 Å². The summed E-state index contributed by atoms with van der Waals surface area (Å²) in [4.78, 5) is 24.9. The molecule has 1 amide bonds. The molecule has 0 bridgehead atoms. The zero-order valence-electron chi connectivity index (χ0n) is 13.3. The Morgan fingerprint density at radius 1 is 1.30 bits per heavy atom. The Bertz CT molecular complexity index is 562. The summed E-state index contributed by atoms with van der Waals surface area (Å²) >= 11 is 0. The molecule has 0 saturated carbocycles. The van der Waals surface area contributed by atoms with Gasteiger partial charge in [-0.2, -0.15) is 0 Å². The summed E-state index contributed by atoms with van der Waals surface area (Å²) in [6.07, 6.45) is 0.451. The van der Waals surface area contributed by atoms with Crippen LogP contribution in [-0.2, 0) is 9.59 Å². The molecule has 1 aromatic rings. The van der Waals surface area contributed by atoms with Gasteiger partial charge in [0.1, 0.15) is 11.9 Å². The number of hydrogen-bond acceptors (Lipinski definition) is 4. The molecule has 1 aromatic carbocycles. The molecule has 0 radical (unpaired) electrons. The first-order chi connectivity index (χ1) is 10.9. The normalized spacial score (nSPS) is 20.7. The molecule has 1 aliphatic rings. The van der Waals surface area contributed by atoms with Crippen molar-refractivity contribution in [1.82, 2.24) is 15.8 Å². The number of amides is 1. The molecule has 2 atom stereocenters. The monoisotopic (exact) mass is 323 g/mol. The number of nitrogens with one attached hydrogen (secondary N) is 2. The van der Waals surface area contributed by atoms with Crippen molar-refractivity contribution in [3.63, 3.8) is 0 Å². The summed E-state index contributed by atoms with van der Waals surface area (Å²) in [5.41, 5.74) is 6.90. The average molecular weight is 323 g/mol. The van der Waals surface area contributed by atoms with E-state index in [1.165, 1.54) is 12.1 Å². The lowest BCUT2D eigenvalue weighted by molar-refractivity contribution is -0.139. The van der Waals surface area contributed by atoms with Crippen LogP contribution in [0.15, 0.2) is 24.3 Å². The maximum absolute atomic E-state index is 13.0. The highest BCUT2D eigenvalue weighted by atomic mass is 19.1. The summed E-state index contributed by atoms with van der Waals surface area (Å²) in [7, 11) is 0. The van der Waals surface area contributed by atoms with Crippen LogP contribution in [0.5, 0.6) is 0 Å². The summed E-state index contributed by atoms with van der Waals surface area (Å²) in [5, 5.41) is 8.81. The van der Waals surface area contributed by atoms with E-state index in [-0.39, 0.29) is 36.8 Å². The van der Waals surface area contributed by atoms with E-state index in [9.17, 15) is 14.0 Å². The molecule has 3 N–H and O–H groups in total. The molecule has 6 nitrogen and oxygen atoms in total. The van der Waals surface area contributed by atoms with Gasteiger partial charge in [0.15, 0.2) is 0 Å². The van der Waals surface area contributed by atoms with Crippen molar-refractivity contribution < 1.29 is 19.1 Å². The number of carboxylic acids is 1. The number of carbonyl (C=O) groups excluding carboxylic acids is 1. The Morgan fingerprint density at radius 2 is 1.96 bits per heavy atom. The molecular formula is C16H22FN3O3. The van der Waals surface area contributed by atoms with Gasteiger partial charge in [0.2, 0.25) is 5.91 Å². The van der Waals surface area contributed by atoms with Gasteiger partial charge in [-0.15, -0.1) is 0 Å². The minimum atomic E-state index is -0.926. The van der Waals surface area contributed by atoms with Gasteiger partial charge in [-0.25, -0.2) is 15.2 Å². The van der Waals surface area contributed by atoms with Crippen LogP contribution >= 0.6 is 0 Å². The Balaban J connectivity index is 1.99. The number of hydrazine groups is 1. The third-order valence-electron chi connectivity index (χ3n) is 3.95. The Morgan fingerprint density at radius 3 is 2.52 bits per heavy atom. The molecule has 1 heterocycles. The van der Waals surface area contributed by atoms with Crippen molar-refractivity contribution in [2.75, 3.05) is 6.54 Å². The third kappa shape index (κ3) is 4.49. The molecule has 23 heavy (non-hydrogen) atoms. The second-order valence-corrected chi connectivity index (χ2v) is 5.95. The van der Waals surface area contributed by atoms with E-state index in [1.54, 1.807) is 17.0 Å². The van der Waals surface area contributed by atoms with E-state index in [0.717, 1.165) is 5.56 Å². The summed E-state index contributed by atoms with van der Waals surface area (Å²) in [6, 6.07) is 5.56. The maximum Gasteiger partial charge on any atom is 0.305 e. The molecule has 2 unspecified atom stereocenters. The fourth-order valence-electron chi connectivity index (χ4n) is 2.67. The van der Waals surface area contributed by atoms with E-state index in [0.29, 0.717) is 6.42 Å². The number of benzene rings is 1. The lowest BCUT2D eigenvalue weighted by Crippen LogP contribution is -2.48. The lowest BCUT2D eigenvalue weighted by atomic mass is 10.0. The van der Waals surface area contributed by atoms with Crippen molar-refractivity contribution in [2.24, 2.45) is 0 Å². The standard InChI is InChI=1S/C16H22FN3O3/c1-10(2)20(8-7-15(21)22)16(23)14-9-13(18-19-14)11-3-5-12(17)6-4-11/h3-6,10,13-14,18-19H,7-9H2,1-2H3,(H,21,22). The van der Waals surface area contributed by atoms with Crippen LogP contribution in [0.3, 0.4) is 0 Å². The van der Waals surface area contributed by atoms with Crippen molar-refractivity contribution >= 4 is 11.9 Å². The largest absolute Gasteiger partial charge is 0.481 e. The molecular weight excluding hydrogens is 301 g/mol. The van der Waals surface area contributed by atoms with Gasteiger partial charge in [-0.05, 0) is 38.0 Å². The van der Waals surface area contributed by atoms with Crippen molar-refractivity contribution in [3.8, 4) is 0 Å². The van der Waals surface area contributed by atoms with E-state index in [4.69, 9.17) is 5.11 Å². The van der Waals surface area contributed by atoms with Crippen LogP contribution in [0.25, 0.3) is 0 Å². The van der Waals surface area contributed by atoms with E-state index >= 15 is 0 Å². The lowest BCUT2D eigenvalue weighted by Gasteiger charge is -2.28. The van der Waals surface area contributed by atoms with Crippen LogP contribution in [-0.4, -0.2) is 40.5 Å². The fraction of sp³-hybridized carbons (Fsp3) is 0.500. The second-order valence-electron chi connectivity index (χ2n) is 5.95. The number of aliphatic carboxylic acids is 1. The molecule has 0 spiro atoms. The minimum absolute atomic E-state index is 0.0754. The second kappa shape index (κ2) is 7.52. The number of nitrogens with zero attached hydrogens (tertiary/aromatic N) is 1. The summed E-state index contributed by atoms with van der Waals surface area (Å²) in [5.74, 6) is -1.35. The van der Waals surface area contributed by atoms with Gasteiger partial charge in [0.25, 0.3) is 0 Å². The first-order valence-corrected chi connectivity index (χ1v) is 7.67. The van der Waals surface area contributed by atoms with Crippen molar-refractivity contribution in [1.29, 1.82) is 0 Å². The van der Waals surface area contributed by atoms with Gasteiger partial charge in [0, 0.05) is 18.6 Å². The van der Waals surface area contributed by atoms with Crippen LogP contribution < -0.4 is 10.9 Å². The molecule has 0 aromatic heterocycles. The van der Waals surface area contributed by atoms with Gasteiger partial charge in [-0.1, -0.05) is 12.1 Å². The average Bonchev–Trinajstić information content (AvgIpc) is 2.97. The molecule has 126 valence electrons. The third-order valence-corrected chi connectivity index (χ3v) is 3.95. The predicted molar refractivity (Wildman–Crippen MR) is 82.9 cm³/mol. The fourth-order valence-corrected chi connectivity index (χ4v) is 2.67. The molecule has 1 aliphatic heterocycles. The molecule has 0 aliphatic carbocycles. The highest BCUT2D eigenvalue weighted by Gasteiger charge is 2.33. The van der Waals surface area contributed by atoms with Crippen molar-refractivity contribution in [2.45, 2.75) is 44.8 Å². The topological polar surface area (TPSA) is 81.7 Å². The van der Waals surface area contributed by atoms with E-state index < -0.39 is 12.0 Å². The van der Waals surface area contributed by atoms with Gasteiger partial charge >= 0.3 is 5.97 Å². The zero-order chi connectivity index (χ0) is 17.0. The smallest absolute Gasteiger partial charge is 0.305 e. The molecule has 7 heteroatoms. The van der Waals surface area contributed by atoms with Gasteiger partial charge in [-0.3, -0.25) is 9.59 Å². The Hall–Kier alpha value is -1.99. The van der Waals surface area contributed by atoms with Crippen LogP contribution in [0, 0.1) is 5.82 Å². The molecule has 2 rings (SSSR count). The zero-order valence-corrected chi connectivity index (χ0v) is 13.3. The first kappa shape index (κ1) is 17.4. The summed E-state index contributed by atoms with van der Waals surface area (Å²) in [6.45, 7) is 3.91. The number of carbonyl (C=O) groups is 2. The maximum atomic E-state index is 13.0. The molecule has 1 fully saturated rings. The van der Waals surface area contributed by atoms with Crippen LogP contribution in [0.4, 0.5) is 4.39 Å². The quantitative estimate of drug-likeness (QED) is 0.738. The van der Waals surface area contributed by atoms with Crippen LogP contribution in [0.2, 0.25) is 0 Å². The highest BCUT2D eigenvalue weighted by Crippen LogP contribution is 2.23. The number of halogens is 1. The van der Waals surface area contributed by atoms with Gasteiger partial charge < -0.3 is 10.0 Å². The Kier molecular flexibility index (Phi) is 5.68. The first-order valence-electron chi connectivity index (χ1n) is 7.67. The number of hydrogen-bond donors (Lipinski definition) is 3. The van der Waals surface area contributed by atoms with Crippen molar-refractivity contribution in [3.05, 3.63) is 35.6 Å². The van der Waals surface area contributed by atoms with Gasteiger partial charge in [0.05, 0.1) is 6.42 Å². The molecule has 1 saturated heterocycles. The number of rotatable bonds is 6. The predicted octanol–water partition coefficient (Wildman–Crippen LogP) is 1.44. The highest BCUT2D eigenvalue weighted by molar-refractivity contribution is 5.83. The summed E-state index contributed by atoms with van der Waals surface area (Å²) < 4.78 is 13.0.